The highest BCUT2D eigenvalue weighted by Crippen LogP contribution is 2.31. The van der Waals surface area contributed by atoms with Gasteiger partial charge in [0.25, 0.3) is 0 Å². The van der Waals surface area contributed by atoms with E-state index < -0.39 is 0 Å². The van der Waals surface area contributed by atoms with Gasteiger partial charge in [-0.3, -0.25) is 0 Å². The number of hydrogen-bond acceptors (Lipinski definition) is 5. The number of ether oxygens (including phenoxy) is 1. The summed E-state index contributed by atoms with van der Waals surface area (Å²) in [5.74, 6) is 1.95. The van der Waals surface area contributed by atoms with Crippen LogP contribution < -0.4 is 10.1 Å². The van der Waals surface area contributed by atoms with E-state index in [1.807, 2.05) is 31.2 Å². The van der Waals surface area contributed by atoms with Crippen LogP contribution in [0.5, 0.6) is 5.75 Å². The van der Waals surface area contributed by atoms with Gasteiger partial charge < -0.3 is 10.1 Å². The summed E-state index contributed by atoms with van der Waals surface area (Å²) >= 11 is 0. The summed E-state index contributed by atoms with van der Waals surface area (Å²) in [7, 11) is 1.59. The molecule has 5 nitrogen and oxygen atoms in total. The molecule has 0 radical (unpaired) electrons. The van der Waals surface area contributed by atoms with Gasteiger partial charge in [-0.15, -0.1) is 0 Å². The highest BCUT2D eigenvalue weighted by Gasteiger charge is 2.13. The van der Waals surface area contributed by atoms with Gasteiger partial charge >= 0.3 is 0 Å². The molecule has 0 unspecified atom stereocenters. The summed E-state index contributed by atoms with van der Waals surface area (Å²) in [4.78, 5) is 9.27. The second-order valence-corrected chi connectivity index (χ2v) is 4.97. The normalized spacial score (nSPS) is 10.3. The number of nitrogens with zero attached hydrogens (tertiary/aromatic N) is 3. The van der Waals surface area contributed by atoms with Crippen LogP contribution in [0.25, 0.3) is 22.3 Å². The lowest BCUT2D eigenvalue weighted by Gasteiger charge is -2.12. The molecule has 0 bridgehead atoms. The fraction of sp³-hybridized carbons (Fsp3) is 0.167. The smallest absolute Gasteiger partial charge is 0.165 e. The van der Waals surface area contributed by atoms with Gasteiger partial charge in [0.1, 0.15) is 11.6 Å². The van der Waals surface area contributed by atoms with Crippen molar-refractivity contribution >= 4 is 16.7 Å². The van der Waals surface area contributed by atoms with Crippen molar-refractivity contribution in [3.05, 3.63) is 48.0 Å². The van der Waals surface area contributed by atoms with E-state index in [2.05, 4.69) is 21.4 Å². The van der Waals surface area contributed by atoms with E-state index in [-0.39, 0.29) is 0 Å². The molecule has 2 aromatic carbocycles. The molecule has 0 aliphatic carbocycles. The summed E-state index contributed by atoms with van der Waals surface area (Å²) < 4.78 is 5.40. The first kappa shape index (κ1) is 14.8. The quantitative estimate of drug-likeness (QED) is 0.797. The molecule has 0 fully saturated rings. The molecule has 0 saturated carbocycles. The number of fused-ring (bicyclic) bond motifs is 1. The molecule has 3 aromatic rings. The zero-order chi connectivity index (χ0) is 16.2. The zero-order valence-corrected chi connectivity index (χ0v) is 13.0. The molecule has 3 rings (SSSR count). The van der Waals surface area contributed by atoms with E-state index in [1.54, 1.807) is 25.3 Å². The standard InChI is InChI=1S/C18H16N4O/c1-3-20-17-13-6-4-5-7-15(13)21-18(22-17)14-10-12(11-19)8-9-16(14)23-2/h4-10H,3H2,1-2H3,(H,20,21,22). The van der Waals surface area contributed by atoms with Crippen LogP contribution in [-0.4, -0.2) is 23.6 Å². The van der Waals surface area contributed by atoms with Gasteiger partial charge in [0, 0.05) is 11.9 Å². The summed E-state index contributed by atoms with van der Waals surface area (Å²) in [6.07, 6.45) is 0. The fourth-order valence-corrected chi connectivity index (χ4v) is 2.45. The van der Waals surface area contributed by atoms with E-state index in [1.165, 1.54) is 0 Å². The van der Waals surface area contributed by atoms with Gasteiger partial charge in [0.15, 0.2) is 5.82 Å². The molecule has 0 saturated heterocycles. The molecule has 114 valence electrons. The Labute approximate surface area is 134 Å². The van der Waals surface area contributed by atoms with E-state index in [4.69, 9.17) is 10.00 Å². The summed E-state index contributed by atoms with van der Waals surface area (Å²) in [5, 5.41) is 13.4. The molecule has 1 N–H and O–H groups in total. The Hall–Kier alpha value is -3.13. The average molecular weight is 304 g/mol. The number of nitrogens with one attached hydrogen (secondary N) is 1. The topological polar surface area (TPSA) is 70.8 Å². The number of benzene rings is 2. The van der Waals surface area contributed by atoms with Gasteiger partial charge in [0.2, 0.25) is 0 Å². The van der Waals surface area contributed by atoms with Crippen LogP contribution in [0.2, 0.25) is 0 Å². The first-order valence-corrected chi connectivity index (χ1v) is 7.36. The molecular formula is C18H16N4O. The van der Waals surface area contributed by atoms with Crippen LogP contribution in [-0.2, 0) is 0 Å². The first-order chi connectivity index (χ1) is 11.3. The summed E-state index contributed by atoms with van der Waals surface area (Å²) in [5.41, 5.74) is 2.09. The Morgan fingerprint density at radius 1 is 1.17 bits per heavy atom. The average Bonchev–Trinajstić information content (AvgIpc) is 2.61. The van der Waals surface area contributed by atoms with Crippen LogP contribution >= 0.6 is 0 Å². The third-order valence-electron chi connectivity index (χ3n) is 3.52. The highest BCUT2D eigenvalue weighted by atomic mass is 16.5. The van der Waals surface area contributed by atoms with Gasteiger partial charge in [-0.25, -0.2) is 9.97 Å². The van der Waals surface area contributed by atoms with Gasteiger partial charge in [-0.1, -0.05) is 12.1 Å². The fourth-order valence-electron chi connectivity index (χ4n) is 2.45. The number of nitriles is 1. The second-order valence-electron chi connectivity index (χ2n) is 4.97. The molecule has 5 heteroatoms. The Morgan fingerprint density at radius 3 is 2.74 bits per heavy atom. The number of methoxy groups -OCH3 is 1. The maximum Gasteiger partial charge on any atom is 0.165 e. The van der Waals surface area contributed by atoms with E-state index in [0.29, 0.717) is 22.7 Å². The van der Waals surface area contributed by atoms with Crippen LogP contribution in [0, 0.1) is 11.3 Å². The molecule has 1 aromatic heterocycles. The van der Waals surface area contributed by atoms with Crippen molar-refractivity contribution in [1.29, 1.82) is 5.26 Å². The van der Waals surface area contributed by atoms with Crippen molar-refractivity contribution in [3.63, 3.8) is 0 Å². The maximum atomic E-state index is 9.14. The Morgan fingerprint density at radius 2 is 2.00 bits per heavy atom. The van der Waals surface area contributed by atoms with E-state index in [9.17, 15) is 0 Å². The predicted octanol–water partition coefficient (Wildman–Crippen LogP) is 3.61. The van der Waals surface area contributed by atoms with Crippen LogP contribution in [0.4, 0.5) is 5.82 Å². The molecule has 1 heterocycles. The lowest BCUT2D eigenvalue weighted by atomic mass is 10.1. The maximum absolute atomic E-state index is 9.14. The lowest BCUT2D eigenvalue weighted by molar-refractivity contribution is 0.416. The van der Waals surface area contributed by atoms with Crippen molar-refractivity contribution in [3.8, 4) is 23.2 Å². The molecular weight excluding hydrogens is 288 g/mol. The third kappa shape index (κ3) is 2.79. The van der Waals surface area contributed by atoms with E-state index >= 15 is 0 Å². The number of aromatic nitrogens is 2. The molecule has 0 aliphatic rings. The molecule has 0 amide bonds. The Kier molecular flexibility index (Phi) is 4.07. The molecule has 0 aliphatic heterocycles. The lowest BCUT2D eigenvalue weighted by Crippen LogP contribution is -2.03. The van der Waals surface area contributed by atoms with Crippen LogP contribution in [0.1, 0.15) is 12.5 Å². The van der Waals surface area contributed by atoms with Crippen molar-refractivity contribution < 1.29 is 4.74 Å². The monoisotopic (exact) mass is 304 g/mol. The highest BCUT2D eigenvalue weighted by molar-refractivity contribution is 5.91. The van der Waals surface area contributed by atoms with Crippen molar-refractivity contribution in [2.24, 2.45) is 0 Å². The zero-order valence-electron chi connectivity index (χ0n) is 13.0. The Bertz CT molecular complexity index is 899. The minimum absolute atomic E-state index is 0.536. The van der Waals surface area contributed by atoms with Gasteiger partial charge in [0.05, 0.1) is 29.8 Å². The van der Waals surface area contributed by atoms with Crippen molar-refractivity contribution in [2.75, 3.05) is 19.0 Å². The van der Waals surface area contributed by atoms with Crippen molar-refractivity contribution in [2.45, 2.75) is 6.92 Å². The minimum atomic E-state index is 0.536. The molecule has 0 spiro atoms. The molecule has 0 atom stereocenters. The molecule has 23 heavy (non-hydrogen) atoms. The van der Waals surface area contributed by atoms with Crippen LogP contribution in [0.15, 0.2) is 42.5 Å². The van der Waals surface area contributed by atoms with Crippen LogP contribution in [0.3, 0.4) is 0 Å². The predicted molar refractivity (Wildman–Crippen MR) is 90.4 cm³/mol. The third-order valence-corrected chi connectivity index (χ3v) is 3.52. The minimum Gasteiger partial charge on any atom is -0.496 e. The van der Waals surface area contributed by atoms with Crippen molar-refractivity contribution in [1.82, 2.24) is 9.97 Å². The number of anilines is 1. The largest absolute Gasteiger partial charge is 0.496 e. The number of para-hydroxylation sites is 1. The van der Waals surface area contributed by atoms with Gasteiger partial charge in [-0.2, -0.15) is 5.26 Å². The van der Waals surface area contributed by atoms with Gasteiger partial charge in [-0.05, 0) is 37.3 Å². The first-order valence-electron chi connectivity index (χ1n) is 7.36. The summed E-state index contributed by atoms with van der Waals surface area (Å²) in [6, 6.07) is 15.2. The second kappa shape index (κ2) is 6.32. The number of rotatable bonds is 4. The summed E-state index contributed by atoms with van der Waals surface area (Å²) in [6.45, 7) is 2.78. The SMILES string of the molecule is CCNc1nc(-c2cc(C#N)ccc2OC)nc2ccccc12. The number of hydrogen-bond donors (Lipinski definition) is 1. The Balaban J connectivity index is 2.26. The van der Waals surface area contributed by atoms with E-state index in [0.717, 1.165) is 23.3 Å².